The van der Waals surface area contributed by atoms with Gasteiger partial charge in [0.2, 0.25) is 5.91 Å². The van der Waals surface area contributed by atoms with Crippen molar-refractivity contribution in [2.24, 2.45) is 10.9 Å². The van der Waals surface area contributed by atoms with E-state index >= 15 is 0 Å². The molecular weight excluding hydrogens is 176 g/mol. The molecule has 0 aromatic heterocycles. The van der Waals surface area contributed by atoms with Crippen molar-refractivity contribution >= 4 is 11.7 Å². The number of carbonyl (C=O) groups is 1. The molecule has 0 bridgehead atoms. The Balaban J connectivity index is 2.81. The highest BCUT2D eigenvalue weighted by molar-refractivity contribution is 6.01. The second-order valence-corrected chi connectivity index (χ2v) is 4.86. The Morgan fingerprint density at radius 2 is 2.14 bits per heavy atom. The van der Waals surface area contributed by atoms with Crippen LogP contribution in [-0.2, 0) is 4.79 Å². The van der Waals surface area contributed by atoms with E-state index < -0.39 is 0 Å². The highest BCUT2D eigenvalue weighted by Gasteiger charge is 2.24. The van der Waals surface area contributed by atoms with Gasteiger partial charge >= 0.3 is 0 Å². The van der Waals surface area contributed by atoms with Gasteiger partial charge in [0, 0.05) is 12.3 Å². The molecule has 3 nitrogen and oxygen atoms in total. The Labute approximate surface area is 86.0 Å². The van der Waals surface area contributed by atoms with E-state index in [9.17, 15) is 4.79 Å². The lowest BCUT2D eigenvalue weighted by atomic mass is 9.94. The van der Waals surface area contributed by atoms with E-state index in [-0.39, 0.29) is 11.4 Å². The summed E-state index contributed by atoms with van der Waals surface area (Å²) in [7, 11) is 0. The summed E-state index contributed by atoms with van der Waals surface area (Å²) >= 11 is 0. The minimum atomic E-state index is -0.104. The second kappa shape index (κ2) is 4.11. The van der Waals surface area contributed by atoms with E-state index in [4.69, 9.17) is 0 Å². The number of piperidine rings is 1. The van der Waals surface area contributed by atoms with Gasteiger partial charge in [-0.25, -0.2) is 0 Å². The zero-order valence-electron chi connectivity index (χ0n) is 9.55. The van der Waals surface area contributed by atoms with Crippen molar-refractivity contribution in [1.29, 1.82) is 0 Å². The SMILES string of the molecule is CCC1CCC(=O)NC1=NC(C)(C)C. The Kier molecular flexibility index (Phi) is 3.29. The maximum absolute atomic E-state index is 11.2. The van der Waals surface area contributed by atoms with Gasteiger partial charge in [-0.15, -0.1) is 0 Å². The molecule has 1 aliphatic heterocycles. The van der Waals surface area contributed by atoms with Gasteiger partial charge < -0.3 is 5.32 Å². The first kappa shape index (κ1) is 11.2. The summed E-state index contributed by atoms with van der Waals surface area (Å²) in [6.45, 7) is 8.29. The first-order chi connectivity index (χ1) is 6.42. The maximum atomic E-state index is 11.2. The molecule has 1 aliphatic rings. The lowest BCUT2D eigenvalue weighted by Crippen LogP contribution is -2.42. The molecule has 1 N–H and O–H groups in total. The van der Waals surface area contributed by atoms with Gasteiger partial charge in [0.25, 0.3) is 0 Å². The van der Waals surface area contributed by atoms with Crippen molar-refractivity contribution in [3.8, 4) is 0 Å². The van der Waals surface area contributed by atoms with E-state index in [1.54, 1.807) is 0 Å². The van der Waals surface area contributed by atoms with Crippen LogP contribution in [0, 0.1) is 5.92 Å². The predicted molar refractivity (Wildman–Crippen MR) is 58.3 cm³/mol. The molecule has 0 aromatic carbocycles. The smallest absolute Gasteiger partial charge is 0.225 e. The molecule has 0 spiro atoms. The van der Waals surface area contributed by atoms with Crippen molar-refractivity contribution in [1.82, 2.24) is 5.32 Å². The van der Waals surface area contributed by atoms with E-state index in [0.717, 1.165) is 18.7 Å². The fourth-order valence-electron chi connectivity index (χ4n) is 1.63. The fraction of sp³-hybridized carbons (Fsp3) is 0.818. The van der Waals surface area contributed by atoms with Gasteiger partial charge in [-0.3, -0.25) is 9.79 Å². The summed E-state index contributed by atoms with van der Waals surface area (Å²) in [5.74, 6) is 1.43. The number of rotatable bonds is 1. The number of amidine groups is 1. The van der Waals surface area contributed by atoms with Crippen molar-refractivity contribution in [2.45, 2.75) is 52.5 Å². The molecule has 0 saturated carbocycles. The largest absolute Gasteiger partial charge is 0.314 e. The molecular formula is C11H20N2O. The Morgan fingerprint density at radius 3 is 2.64 bits per heavy atom. The summed E-state index contributed by atoms with van der Waals surface area (Å²) < 4.78 is 0. The predicted octanol–water partition coefficient (Wildman–Crippen LogP) is 2.12. The van der Waals surface area contributed by atoms with Gasteiger partial charge in [-0.05, 0) is 33.6 Å². The summed E-state index contributed by atoms with van der Waals surface area (Å²) in [5.41, 5.74) is -0.104. The maximum Gasteiger partial charge on any atom is 0.225 e. The Morgan fingerprint density at radius 1 is 1.50 bits per heavy atom. The van der Waals surface area contributed by atoms with Gasteiger partial charge in [-0.2, -0.15) is 0 Å². The average Bonchev–Trinajstić information content (AvgIpc) is 2.01. The zero-order valence-corrected chi connectivity index (χ0v) is 9.55. The van der Waals surface area contributed by atoms with Crippen LogP contribution >= 0.6 is 0 Å². The Bertz CT molecular complexity index is 251. The van der Waals surface area contributed by atoms with Crippen LogP contribution in [0.3, 0.4) is 0 Å². The van der Waals surface area contributed by atoms with E-state index in [2.05, 4.69) is 17.2 Å². The van der Waals surface area contributed by atoms with Crippen molar-refractivity contribution < 1.29 is 4.79 Å². The lowest BCUT2D eigenvalue weighted by Gasteiger charge is -2.26. The quantitative estimate of drug-likeness (QED) is 0.685. The second-order valence-electron chi connectivity index (χ2n) is 4.86. The summed E-state index contributed by atoms with van der Waals surface area (Å²) in [6, 6.07) is 0. The van der Waals surface area contributed by atoms with Crippen LogP contribution in [0.25, 0.3) is 0 Å². The molecule has 1 fully saturated rings. The summed E-state index contributed by atoms with van der Waals surface area (Å²) in [6.07, 6.45) is 2.63. The van der Waals surface area contributed by atoms with Crippen LogP contribution in [0.5, 0.6) is 0 Å². The molecule has 1 atom stereocenters. The molecule has 1 rings (SSSR count). The Hall–Kier alpha value is -0.860. The van der Waals surface area contributed by atoms with Gasteiger partial charge in [-0.1, -0.05) is 6.92 Å². The van der Waals surface area contributed by atoms with Crippen LogP contribution in [0.4, 0.5) is 0 Å². The molecule has 1 unspecified atom stereocenters. The number of nitrogens with zero attached hydrogens (tertiary/aromatic N) is 1. The number of aliphatic imine (C=N–C) groups is 1. The topological polar surface area (TPSA) is 41.5 Å². The standard InChI is InChI=1S/C11H20N2O/c1-5-8-6-7-9(14)12-10(8)13-11(2,3)4/h8H,5-7H2,1-4H3,(H,12,13,14). The molecule has 3 heteroatoms. The number of carbonyl (C=O) groups excluding carboxylic acids is 1. The molecule has 1 amide bonds. The fourth-order valence-corrected chi connectivity index (χ4v) is 1.63. The van der Waals surface area contributed by atoms with E-state index in [0.29, 0.717) is 12.3 Å². The molecule has 14 heavy (non-hydrogen) atoms. The normalized spacial score (nSPS) is 26.4. The van der Waals surface area contributed by atoms with Crippen LogP contribution < -0.4 is 5.32 Å². The summed E-state index contributed by atoms with van der Waals surface area (Å²) in [4.78, 5) is 15.8. The highest BCUT2D eigenvalue weighted by Crippen LogP contribution is 2.19. The monoisotopic (exact) mass is 196 g/mol. The lowest BCUT2D eigenvalue weighted by molar-refractivity contribution is -0.120. The third-order valence-electron chi connectivity index (χ3n) is 2.32. The van der Waals surface area contributed by atoms with Crippen LogP contribution in [0.1, 0.15) is 47.0 Å². The highest BCUT2D eigenvalue weighted by atomic mass is 16.1. The number of hydrogen-bond acceptors (Lipinski definition) is 2. The third-order valence-corrected chi connectivity index (χ3v) is 2.32. The number of nitrogens with one attached hydrogen (secondary N) is 1. The van der Waals surface area contributed by atoms with Crippen LogP contribution in [0.15, 0.2) is 4.99 Å². The minimum absolute atomic E-state index is 0.104. The molecule has 0 aromatic rings. The molecule has 80 valence electrons. The first-order valence-electron chi connectivity index (χ1n) is 5.32. The number of amides is 1. The average molecular weight is 196 g/mol. The summed E-state index contributed by atoms with van der Waals surface area (Å²) in [5, 5.41) is 2.88. The van der Waals surface area contributed by atoms with Gasteiger partial charge in [0.05, 0.1) is 5.54 Å². The molecule has 0 aliphatic carbocycles. The first-order valence-corrected chi connectivity index (χ1v) is 5.32. The molecule has 1 saturated heterocycles. The third kappa shape index (κ3) is 3.13. The van der Waals surface area contributed by atoms with E-state index in [1.165, 1.54) is 0 Å². The molecule has 1 heterocycles. The van der Waals surface area contributed by atoms with Crippen LogP contribution in [-0.4, -0.2) is 17.3 Å². The van der Waals surface area contributed by atoms with Gasteiger partial charge in [0.15, 0.2) is 0 Å². The van der Waals surface area contributed by atoms with Crippen molar-refractivity contribution in [2.75, 3.05) is 0 Å². The van der Waals surface area contributed by atoms with Crippen molar-refractivity contribution in [3.05, 3.63) is 0 Å². The molecule has 0 radical (unpaired) electrons. The van der Waals surface area contributed by atoms with Crippen molar-refractivity contribution in [3.63, 3.8) is 0 Å². The minimum Gasteiger partial charge on any atom is -0.314 e. The zero-order chi connectivity index (χ0) is 10.8. The van der Waals surface area contributed by atoms with E-state index in [1.807, 2.05) is 20.8 Å². The van der Waals surface area contributed by atoms with Gasteiger partial charge in [0.1, 0.15) is 5.84 Å². The van der Waals surface area contributed by atoms with Crippen LogP contribution in [0.2, 0.25) is 0 Å². The number of hydrogen-bond donors (Lipinski definition) is 1.